The van der Waals surface area contributed by atoms with Gasteiger partial charge in [-0.2, -0.15) is 0 Å². The lowest BCUT2D eigenvalue weighted by Crippen LogP contribution is -2.40. The highest BCUT2D eigenvalue weighted by Gasteiger charge is 2.27. The van der Waals surface area contributed by atoms with Gasteiger partial charge in [-0.15, -0.1) is 0 Å². The summed E-state index contributed by atoms with van der Waals surface area (Å²) in [6.45, 7) is 3.61. The maximum absolute atomic E-state index is 12.6. The number of esters is 1. The maximum atomic E-state index is 12.6. The van der Waals surface area contributed by atoms with E-state index in [1.54, 1.807) is 34.9 Å². The molecular weight excluding hydrogens is 368 g/mol. The van der Waals surface area contributed by atoms with Crippen LogP contribution in [0.15, 0.2) is 18.2 Å². The predicted molar refractivity (Wildman–Crippen MR) is 103 cm³/mol. The van der Waals surface area contributed by atoms with Crippen LogP contribution >= 0.6 is 11.6 Å². The topological polar surface area (TPSA) is 66.9 Å². The van der Waals surface area contributed by atoms with Gasteiger partial charge in [0, 0.05) is 26.1 Å². The summed E-state index contributed by atoms with van der Waals surface area (Å²) in [5.41, 5.74) is 0.796. The summed E-state index contributed by atoms with van der Waals surface area (Å²) in [5.74, 6) is -0.753. The van der Waals surface area contributed by atoms with E-state index in [4.69, 9.17) is 16.3 Å². The number of ether oxygens (including phenoxy) is 1. The van der Waals surface area contributed by atoms with Gasteiger partial charge in [-0.05, 0) is 44.4 Å². The lowest BCUT2D eigenvalue weighted by atomic mass is 10.2. The van der Waals surface area contributed by atoms with Gasteiger partial charge < -0.3 is 14.5 Å². The van der Waals surface area contributed by atoms with E-state index in [-0.39, 0.29) is 17.4 Å². The van der Waals surface area contributed by atoms with E-state index in [9.17, 15) is 14.4 Å². The minimum atomic E-state index is -0.844. The van der Waals surface area contributed by atoms with Crippen LogP contribution in [0.5, 0.6) is 0 Å². The Balaban J connectivity index is 1.68. The number of rotatable bonds is 4. The average molecular weight is 393 g/mol. The molecule has 2 amide bonds. The van der Waals surface area contributed by atoms with Crippen molar-refractivity contribution in [3.63, 3.8) is 0 Å². The molecule has 2 fully saturated rings. The fourth-order valence-corrected chi connectivity index (χ4v) is 3.80. The van der Waals surface area contributed by atoms with Gasteiger partial charge in [0.25, 0.3) is 5.91 Å². The lowest BCUT2D eigenvalue weighted by molar-refractivity contribution is -0.139. The molecule has 0 spiro atoms. The summed E-state index contributed by atoms with van der Waals surface area (Å²) in [6.07, 6.45) is 4.62. The van der Waals surface area contributed by atoms with Gasteiger partial charge in [-0.3, -0.25) is 9.59 Å². The first-order chi connectivity index (χ1) is 13.0. The Labute approximate surface area is 164 Å². The Kier molecular flexibility index (Phi) is 6.37. The highest BCUT2D eigenvalue weighted by atomic mass is 35.5. The van der Waals surface area contributed by atoms with Crippen LogP contribution in [0.25, 0.3) is 0 Å². The minimum absolute atomic E-state index is 0.00729. The zero-order chi connectivity index (χ0) is 19.4. The first kappa shape index (κ1) is 19.7. The number of amides is 2. The summed E-state index contributed by atoms with van der Waals surface area (Å²) in [7, 11) is 0. The molecule has 2 heterocycles. The summed E-state index contributed by atoms with van der Waals surface area (Å²) in [4.78, 5) is 40.4. The zero-order valence-electron chi connectivity index (χ0n) is 15.6. The second-order valence-electron chi connectivity index (χ2n) is 7.10. The fraction of sp³-hybridized carbons (Fsp3) is 0.550. The van der Waals surface area contributed by atoms with Crippen LogP contribution in [0.4, 0.5) is 5.69 Å². The van der Waals surface area contributed by atoms with Gasteiger partial charge >= 0.3 is 5.97 Å². The number of hydrogen-bond donors (Lipinski definition) is 0. The van der Waals surface area contributed by atoms with E-state index in [1.807, 2.05) is 0 Å². The zero-order valence-corrected chi connectivity index (χ0v) is 16.3. The Morgan fingerprint density at radius 1 is 1.07 bits per heavy atom. The number of nitrogens with zero attached hydrogens (tertiary/aromatic N) is 2. The van der Waals surface area contributed by atoms with Crippen molar-refractivity contribution in [1.29, 1.82) is 0 Å². The van der Waals surface area contributed by atoms with Crippen molar-refractivity contribution in [2.24, 2.45) is 0 Å². The molecule has 1 atom stereocenters. The van der Waals surface area contributed by atoms with Crippen molar-refractivity contribution in [3.05, 3.63) is 28.8 Å². The fourth-order valence-electron chi connectivity index (χ4n) is 3.58. The van der Waals surface area contributed by atoms with E-state index in [1.165, 1.54) is 0 Å². The quantitative estimate of drug-likeness (QED) is 0.736. The third-order valence-corrected chi connectivity index (χ3v) is 5.41. The third kappa shape index (κ3) is 4.61. The molecule has 0 radical (unpaired) electrons. The Morgan fingerprint density at radius 2 is 1.78 bits per heavy atom. The van der Waals surface area contributed by atoms with Crippen LogP contribution in [0, 0.1) is 0 Å². The Hall–Kier alpha value is -2.08. The third-order valence-electron chi connectivity index (χ3n) is 5.10. The minimum Gasteiger partial charge on any atom is -0.449 e. The Morgan fingerprint density at radius 3 is 2.41 bits per heavy atom. The molecular formula is C20H25ClN2O4. The number of hydrogen-bond acceptors (Lipinski definition) is 4. The van der Waals surface area contributed by atoms with Crippen molar-refractivity contribution in [2.45, 2.75) is 51.6 Å². The van der Waals surface area contributed by atoms with E-state index < -0.39 is 12.1 Å². The van der Waals surface area contributed by atoms with Gasteiger partial charge in [0.05, 0.1) is 16.3 Å². The molecule has 2 saturated heterocycles. The highest BCUT2D eigenvalue weighted by Crippen LogP contribution is 2.30. The first-order valence-electron chi connectivity index (χ1n) is 9.57. The second-order valence-corrected chi connectivity index (χ2v) is 7.51. The SMILES string of the molecule is CC(OC(=O)c1ccc(Cl)c(N2CCCC2=O)c1)C(=O)N1CCCCCC1. The van der Waals surface area contributed by atoms with Gasteiger partial charge in [-0.1, -0.05) is 24.4 Å². The van der Waals surface area contributed by atoms with E-state index in [2.05, 4.69) is 0 Å². The van der Waals surface area contributed by atoms with Crippen molar-refractivity contribution >= 4 is 35.1 Å². The molecule has 1 unspecified atom stereocenters. The largest absolute Gasteiger partial charge is 0.449 e. The second kappa shape index (κ2) is 8.74. The van der Waals surface area contributed by atoms with Crippen LogP contribution in [-0.4, -0.2) is 48.4 Å². The average Bonchev–Trinajstić information content (AvgIpc) is 2.91. The number of likely N-dealkylation sites (tertiary alicyclic amines) is 1. The normalized spacial score (nSPS) is 19.0. The lowest BCUT2D eigenvalue weighted by Gasteiger charge is -2.24. The van der Waals surface area contributed by atoms with Gasteiger partial charge in [0.15, 0.2) is 6.10 Å². The molecule has 0 bridgehead atoms. The molecule has 146 valence electrons. The summed E-state index contributed by atoms with van der Waals surface area (Å²) in [6, 6.07) is 4.70. The van der Waals surface area contributed by atoms with E-state index in [0.29, 0.717) is 36.8 Å². The molecule has 0 N–H and O–H groups in total. The van der Waals surface area contributed by atoms with Crippen LogP contribution < -0.4 is 4.90 Å². The molecule has 0 saturated carbocycles. The molecule has 1 aromatic carbocycles. The number of carbonyl (C=O) groups excluding carboxylic acids is 3. The molecule has 0 aromatic heterocycles. The maximum Gasteiger partial charge on any atom is 0.338 e. The van der Waals surface area contributed by atoms with Crippen LogP contribution in [0.3, 0.4) is 0 Å². The molecule has 27 heavy (non-hydrogen) atoms. The summed E-state index contributed by atoms with van der Waals surface area (Å²) >= 11 is 6.21. The number of halogens is 1. The standard InChI is InChI=1S/C20H25ClN2O4/c1-14(19(25)22-10-4-2-3-5-11-22)27-20(26)15-8-9-16(21)17(13-15)23-12-6-7-18(23)24/h8-9,13-14H,2-7,10-12H2,1H3. The molecule has 0 aliphatic carbocycles. The van der Waals surface area contributed by atoms with Gasteiger partial charge in [0.1, 0.15) is 0 Å². The predicted octanol–water partition coefficient (Wildman–Crippen LogP) is 3.41. The Bertz CT molecular complexity index is 729. The number of benzene rings is 1. The summed E-state index contributed by atoms with van der Waals surface area (Å²) in [5, 5.41) is 0.412. The first-order valence-corrected chi connectivity index (χ1v) is 9.95. The highest BCUT2D eigenvalue weighted by molar-refractivity contribution is 6.34. The van der Waals surface area contributed by atoms with Crippen LogP contribution in [0.2, 0.25) is 5.02 Å². The van der Waals surface area contributed by atoms with Gasteiger partial charge in [-0.25, -0.2) is 4.79 Å². The summed E-state index contributed by atoms with van der Waals surface area (Å²) < 4.78 is 5.40. The molecule has 7 heteroatoms. The van der Waals surface area contributed by atoms with Crippen molar-refractivity contribution < 1.29 is 19.1 Å². The molecule has 6 nitrogen and oxygen atoms in total. The smallest absolute Gasteiger partial charge is 0.338 e. The number of carbonyl (C=O) groups is 3. The molecule has 2 aliphatic rings. The van der Waals surface area contributed by atoms with Crippen molar-refractivity contribution in [1.82, 2.24) is 4.90 Å². The number of anilines is 1. The van der Waals surface area contributed by atoms with Gasteiger partial charge in [0.2, 0.25) is 5.91 Å². The van der Waals surface area contributed by atoms with Crippen LogP contribution in [-0.2, 0) is 14.3 Å². The van der Waals surface area contributed by atoms with Crippen LogP contribution in [0.1, 0.15) is 55.8 Å². The molecule has 2 aliphatic heterocycles. The monoisotopic (exact) mass is 392 g/mol. The molecule has 1 aromatic rings. The van der Waals surface area contributed by atoms with Crippen molar-refractivity contribution in [3.8, 4) is 0 Å². The van der Waals surface area contributed by atoms with E-state index >= 15 is 0 Å². The molecule has 3 rings (SSSR count). The van der Waals surface area contributed by atoms with Crippen molar-refractivity contribution in [2.75, 3.05) is 24.5 Å². The van der Waals surface area contributed by atoms with E-state index in [0.717, 1.165) is 32.1 Å².